The van der Waals surface area contributed by atoms with E-state index in [0.717, 1.165) is 38.1 Å². The third-order valence-corrected chi connectivity index (χ3v) is 4.35. The number of hydrogen-bond acceptors (Lipinski definition) is 3. The smallest absolute Gasteiger partial charge is 0.227 e. The molecule has 0 aromatic heterocycles. The second-order valence-corrected chi connectivity index (χ2v) is 6.10. The summed E-state index contributed by atoms with van der Waals surface area (Å²) in [5.74, 6) is 1.10. The average Bonchev–Trinajstić information content (AvgIpc) is 2.88. The SMILES string of the molecule is CC1(C(=O)NCC2Cc3ccccc3O2)CCCNC1. The minimum atomic E-state index is -0.274. The third kappa shape index (κ3) is 2.66. The second kappa shape index (κ2) is 5.44. The van der Waals surface area contributed by atoms with Gasteiger partial charge in [-0.1, -0.05) is 18.2 Å². The Bertz CT molecular complexity index is 470. The maximum atomic E-state index is 12.3. The highest BCUT2D eigenvalue weighted by Gasteiger charge is 2.35. The lowest BCUT2D eigenvalue weighted by atomic mass is 9.82. The first kappa shape index (κ1) is 13.4. The van der Waals surface area contributed by atoms with Crippen LogP contribution >= 0.6 is 0 Å². The van der Waals surface area contributed by atoms with Crippen molar-refractivity contribution in [1.82, 2.24) is 10.6 Å². The van der Waals surface area contributed by atoms with Gasteiger partial charge in [0.05, 0.1) is 12.0 Å². The highest BCUT2D eigenvalue weighted by Crippen LogP contribution is 2.28. The van der Waals surface area contributed by atoms with Crippen molar-refractivity contribution in [2.24, 2.45) is 5.41 Å². The summed E-state index contributed by atoms with van der Waals surface area (Å²) < 4.78 is 5.85. The van der Waals surface area contributed by atoms with Crippen LogP contribution in [0.3, 0.4) is 0 Å². The Balaban J connectivity index is 1.52. The minimum Gasteiger partial charge on any atom is -0.488 e. The molecular formula is C16H22N2O2. The number of nitrogens with one attached hydrogen (secondary N) is 2. The average molecular weight is 274 g/mol. The van der Waals surface area contributed by atoms with Crippen LogP contribution in [0.4, 0.5) is 0 Å². The third-order valence-electron chi connectivity index (χ3n) is 4.35. The summed E-state index contributed by atoms with van der Waals surface area (Å²) in [7, 11) is 0. The molecule has 2 unspecified atom stereocenters. The number of benzene rings is 1. The molecule has 4 nitrogen and oxygen atoms in total. The second-order valence-electron chi connectivity index (χ2n) is 6.10. The van der Waals surface area contributed by atoms with Crippen LogP contribution in [0.15, 0.2) is 24.3 Å². The van der Waals surface area contributed by atoms with Crippen LogP contribution in [-0.2, 0) is 11.2 Å². The van der Waals surface area contributed by atoms with E-state index in [-0.39, 0.29) is 17.4 Å². The molecule has 2 aliphatic heterocycles. The van der Waals surface area contributed by atoms with Gasteiger partial charge in [0.25, 0.3) is 0 Å². The van der Waals surface area contributed by atoms with Gasteiger partial charge in [0, 0.05) is 13.0 Å². The lowest BCUT2D eigenvalue weighted by Crippen LogP contribution is -2.50. The van der Waals surface area contributed by atoms with Gasteiger partial charge < -0.3 is 15.4 Å². The number of carbonyl (C=O) groups is 1. The van der Waals surface area contributed by atoms with Gasteiger partial charge in [-0.25, -0.2) is 0 Å². The van der Waals surface area contributed by atoms with Crippen molar-refractivity contribution < 1.29 is 9.53 Å². The molecule has 0 aliphatic carbocycles. The quantitative estimate of drug-likeness (QED) is 0.878. The van der Waals surface area contributed by atoms with E-state index in [9.17, 15) is 4.79 Å². The number of rotatable bonds is 3. The standard InChI is InChI=1S/C16H22N2O2/c1-16(7-4-8-17-11-16)15(19)18-10-13-9-12-5-2-3-6-14(12)20-13/h2-3,5-6,13,17H,4,7-11H2,1H3,(H,18,19). The van der Waals surface area contributed by atoms with Crippen LogP contribution in [0, 0.1) is 5.41 Å². The van der Waals surface area contributed by atoms with E-state index in [2.05, 4.69) is 16.7 Å². The Morgan fingerprint density at radius 3 is 3.10 bits per heavy atom. The summed E-state index contributed by atoms with van der Waals surface area (Å²) in [6, 6.07) is 8.08. The number of para-hydroxylation sites is 1. The van der Waals surface area contributed by atoms with E-state index in [4.69, 9.17) is 4.74 Å². The summed E-state index contributed by atoms with van der Waals surface area (Å²) in [5.41, 5.74) is 0.960. The fourth-order valence-corrected chi connectivity index (χ4v) is 3.04. The molecule has 1 aromatic carbocycles. The predicted molar refractivity (Wildman–Crippen MR) is 77.8 cm³/mol. The molecule has 108 valence electrons. The molecular weight excluding hydrogens is 252 g/mol. The van der Waals surface area contributed by atoms with Crippen molar-refractivity contribution in [3.05, 3.63) is 29.8 Å². The number of carbonyl (C=O) groups excluding carboxylic acids is 1. The van der Waals surface area contributed by atoms with Crippen LogP contribution in [-0.4, -0.2) is 31.6 Å². The summed E-state index contributed by atoms with van der Waals surface area (Å²) in [5, 5.41) is 6.37. The fraction of sp³-hybridized carbons (Fsp3) is 0.562. The lowest BCUT2D eigenvalue weighted by Gasteiger charge is -2.32. The molecule has 1 saturated heterocycles. The molecule has 1 fully saturated rings. The van der Waals surface area contributed by atoms with Crippen LogP contribution < -0.4 is 15.4 Å². The Morgan fingerprint density at radius 1 is 1.50 bits per heavy atom. The highest BCUT2D eigenvalue weighted by molar-refractivity contribution is 5.82. The first-order valence-electron chi connectivity index (χ1n) is 7.41. The normalized spacial score (nSPS) is 28.6. The molecule has 0 spiro atoms. The first-order chi connectivity index (χ1) is 9.67. The molecule has 2 N–H and O–H groups in total. The van der Waals surface area contributed by atoms with E-state index in [0.29, 0.717) is 6.54 Å². The Morgan fingerprint density at radius 2 is 2.35 bits per heavy atom. The monoisotopic (exact) mass is 274 g/mol. The summed E-state index contributed by atoms with van der Waals surface area (Å²) in [4.78, 5) is 12.3. The molecule has 1 amide bonds. The molecule has 0 saturated carbocycles. The number of piperidine rings is 1. The predicted octanol–water partition coefficient (Wildman–Crippen LogP) is 1.50. The molecule has 2 heterocycles. The molecule has 20 heavy (non-hydrogen) atoms. The van der Waals surface area contributed by atoms with Crippen molar-refractivity contribution in [3.8, 4) is 5.75 Å². The van der Waals surface area contributed by atoms with E-state index >= 15 is 0 Å². The Kier molecular flexibility index (Phi) is 3.66. The Labute approximate surface area is 119 Å². The number of fused-ring (bicyclic) bond motifs is 1. The number of amides is 1. The molecule has 2 atom stereocenters. The molecule has 0 bridgehead atoms. The van der Waals surface area contributed by atoms with E-state index in [1.165, 1.54) is 5.56 Å². The zero-order chi connectivity index (χ0) is 14.0. The van der Waals surface area contributed by atoms with E-state index in [1.807, 2.05) is 25.1 Å². The number of ether oxygens (including phenoxy) is 1. The minimum absolute atomic E-state index is 0.0662. The molecule has 0 radical (unpaired) electrons. The van der Waals surface area contributed by atoms with E-state index < -0.39 is 0 Å². The van der Waals surface area contributed by atoms with Gasteiger partial charge in [-0.15, -0.1) is 0 Å². The van der Waals surface area contributed by atoms with Crippen LogP contribution in [0.2, 0.25) is 0 Å². The van der Waals surface area contributed by atoms with Crippen molar-refractivity contribution in [2.75, 3.05) is 19.6 Å². The van der Waals surface area contributed by atoms with Crippen LogP contribution in [0.5, 0.6) is 5.75 Å². The maximum absolute atomic E-state index is 12.3. The largest absolute Gasteiger partial charge is 0.488 e. The van der Waals surface area contributed by atoms with Crippen molar-refractivity contribution >= 4 is 5.91 Å². The highest BCUT2D eigenvalue weighted by atomic mass is 16.5. The van der Waals surface area contributed by atoms with Gasteiger partial charge in [0.1, 0.15) is 11.9 Å². The van der Waals surface area contributed by atoms with Gasteiger partial charge in [-0.3, -0.25) is 4.79 Å². The topological polar surface area (TPSA) is 50.4 Å². The Hall–Kier alpha value is -1.55. The van der Waals surface area contributed by atoms with E-state index in [1.54, 1.807) is 0 Å². The van der Waals surface area contributed by atoms with Crippen molar-refractivity contribution in [1.29, 1.82) is 0 Å². The summed E-state index contributed by atoms with van der Waals surface area (Å²) in [6.07, 6.45) is 2.97. The number of hydrogen-bond donors (Lipinski definition) is 2. The molecule has 2 aliphatic rings. The maximum Gasteiger partial charge on any atom is 0.227 e. The molecule has 4 heteroatoms. The van der Waals surface area contributed by atoms with Gasteiger partial charge in [-0.2, -0.15) is 0 Å². The van der Waals surface area contributed by atoms with Crippen molar-refractivity contribution in [3.63, 3.8) is 0 Å². The lowest BCUT2D eigenvalue weighted by molar-refractivity contribution is -0.131. The van der Waals surface area contributed by atoms with Gasteiger partial charge in [-0.05, 0) is 37.9 Å². The zero-order valence-corrected chi connectivity index (χ0v) is 11.9. The van der Waals surface area contributed by atoms with Crippen molar-refractivity contribution in [2.45, 2.75) is 32.3 Å². The fourth-order valence-electron chi connectivity index (χ4n) is 3.04. The zero-order valence-electron chi connectivity index (χ0n) is 11.9. The summed E-state index contributed by atoms with van der Waals surface area (Å²) >= 11 is 0. The summed E-state index contributed by atoms with van der Waals surface area (Å²) in [6.45, 7) is 4.41. The van der Waals surface area contributed by atoms with Gasteiger partial charge >= 0.3 is 0 Å². The van der Waals surface area contributed by atoms with Crippen LogP contribution in [0.25, 0.3) is 0 Å². The molecule has 3 rings (SSSR count). The van der Waals surface area contributed by atoms with Crippen LogP contribution in [0.1, 0.15) is 25.3 Å². The van der Waals surface area contributed by atoms with Gasteiger partial charge in [0.15, 0.2) is 0 Å². The molecule has 1 aromatic rings. The van der Waals surface area contributed by atoms with Gasteiger partial charge in [0.2, 0.25) is 5.91 Å². The first-order valence-corrected chi connectivity index (χ1v) is 7.41.